The fourth-order valence-electron chi connectivity index (χ4n) is 3.11. The van der Waals surface area contributed by atoms with Crippen molar-refractivity contribution in [3.05, 3.63) is 47.8 Å². The van der Waals surface area contributed by atoms with E-state index in [1.807, 2.05) is 24.3 Å². The van der Waals surface area contributed by atoms with E-state index in [9.17, 15) is 4.79 Å². The molecule has 2 heterocycles. The van der Waals surface area contributed by atoms with Crippen LogP contribution in [0.4, 0.5) is 11.6 Å². The Morgan fingerprint density at radius 3 is 3.00 bits per heavy atom. The first-order valence-corrected chi connectivity index (χ1v) is 9.95. The van der Waals surface area contributed by atoms with E-state index in [2.05, 4.69) is 44.5 Å². The van der Waals surface area contributed by atoms with E-state index in [0.29, 0.717) is 50.0 Å². The summed E-state index contributed by atoms with van der Waals surface area (Å²) in [6, 6.07) is 1.89. The van der Waals surface area contributed by atoms with Gasteiger partial charge in [0, 0.05) is 32.0 Å². The van der Waals surface area contributed by atoms with Gasteiger partial charge in [0.2, 0.25) is 5.91 Å². The zero-order chi connectivity index (χ0) is 20.5. The van der Waals surface area contributed by atoms with Crippen LogP contribution in [0.5, 0.6) is 0 Å². The molecule has 1 amide bonds. The highest BCUT2D eigenvalue weighted by molar-refractivity contribution is 5.83. The summed E-state index contributed by atoms with van der Waals surface area (Å²) in [5.41, 5.74) is 9.29. The number of ether oxygens (including phenoxy) is 1. The van der Waals surface area contributed by atoms with Gasteiger partial charge in [-0.2, -0.15) is 5.10 Å². The van der Waals surface area contributed by atoms with Crippen molar-refractivity contribution in [1.29, 1.82) is 0 Å². The second-order valence-electron chi connectivity index (χ2n) is 7.09. The Labute approximate surface area is 171 Å². The summed E-state index contributed by atoms with van der Waals surface area (Å²) in [5, 5.41) is 4.35. The Morgan fingerprint density at radius 2 is 2.21 bits per heavy atom. The van der Waals surface area contributed by atoms with Crippen LogP contribution in [0.25, 0.3) is 0 Å². The molecule has 1 aliphatic carbocycles. The lowest BCUT2D eigenvalue weighted by Crippen LogP contribution is -2.37. The molecule has 154 valence electrons. The molecule has 2 aliphatic rings. The maximum absolute atomic E-state index is 11.0. The van der Waals surface area contributed by atoms with Crippen LogP contribution in [0, 0.1) is 5.92 Å². The maximum Gasteiger partial charge on any atom is 0.217 e. The molecule has 3 N–H and O–H groups in total. The van der Waals surface area contributed by atoms with E-state index < -0.39 is 0 Å². The smallest absolute Gasteiger partial charge is 0.217 e. The van der Waals surface area contributed by atoms with Crippen molar-refractivity contribution in [3.63, 3.8) is 0 Å². The molecule has 0 spiro atoms. The zero-order valence-corrected chi connectivity index (χ0v) is 16.8. The molecule has 1 saturated heterocycles. The number of aromatic nitrogens is 2. The number of morpholine rings is 1. The second kappa shape index (κ2) is 10.5. The van der Waals surface area contributed by atoms with Gasteiger partial charge in [0.15, 0.2) is 5.82 Å². The molecule has 1 unspecified atom stereocenters. The van der Waals surface area contributed by atoms with Crippen LogP contribution in [-0.4, -0.2) is 48.4 Å². The van der Waals surface area contributed by atoms with Crippen LogP contribution < -0.4 is 16.1 Å². The molecule has 1 atom stereocenters. The number of amides is 1. The van der Waals surface area contributed by atoms with Crippen molar-refractivity contribution in [2.24, 2.45) is 16.8 Å². The molecule has 3 rings (SSSR count). The molecule has 0 saturated carbocycles. The number of hydrogen-bond acceptors (Lipinski definition) is 7. The number of nitrogens with one attached hydrogen (secondary N) is 1. The normalized spacial score (nSPS) is 19.3. The summed E-state index contributed by atoms with van der Waals surface area (Å²) >= 11 is 0. The minimum atomic E-state index is -0.314. The van der Waals surface area contributed by atoms with Gasteiger partial charge in [-0.1, -0.05) is 37.3 Å². The third kappa shape index (κ3) is 6.83. The second-order valence-corrected chi connectivity index (χ2v) is 7.09. The van der Waals surface area contributed by atoms with Crippen LogP contribution in [0.2, 0.25) is 0 Å². The molecule has 0 radical (unpaired) electrons. The van der Waals surface area contributed by atoms with Crippen LogP contribution in [0.1, 0.15) is 25.6 Å². The Balaban J connectivity index is 1.73. The number of primary amides is 1. The summed E-state index contributed by atoms with van der Waals surface area (Å²) < 4.78 is 5.43. The number of nitrogens with two attached hydrogens (primary N) is 1. The van der Waals surface area contributed by atoms with E-state index in [1.165, 1.54) is 0 Å². The number of carbonyl (C=O) groups is 1. The average molecular weight is 396 g/mol. The van der Waals surface area contributed by atoms with Crippen LogP contribution >= 0.6 is 0 Å². The third-order valence-corrected chi connectivity index (χ3v) is 4.58. The Kier molecular flexibility index (Phi) is 7.52. The number of anilines is 2. The van der Waals surface area contributed by atoms with Crippen molar-refractivity contribution in [2.45, 2.75) is 26.2 Å². The molecule has 0 bridgehead atoms. The molecule has 1 aromatic heterocycles. The summed E-state index contributed by atoms with van der Waals surface area (Å²) in [5.74, 6) is 2.16. The summed E-state index contributed by atoms with van der Waals surface area (Å²) in [6.07, 6.45) is 13.6. The predicted octanol–water partition coefficient (Wildman–Crippen LogP) is 2.21. The van der Waals surface area contributed by atoms with Crippen molar-refractivity contribution >= 4 is 23.8 Å². The van der Waals surface area contributed by atoms with Crippen molar-refractivity contribution in [1.82, 2.24) is 9.97 Å². The van der Waals surface area contributed by atoms with Gasteiger partial charge in [0.25, 0.3) is 0 Å². The van der Waals surface area contributed by atoms with Gasteiger partial charge in [-0.3, -0.25) is 10.2 Å². The summed E-state index contributed by atoms with van der Waals surface area (Å²) in [4.78, 5) is 22.4. The van der Waals surface area contributed by atoms with Crippen molar-refractivity contribution < 1.29 is 9.53 Å². The SMILES string of the molecule is CC1C=CC=CC(/C=N/Nc2cc(N3CCOCC3)nc(CCCC(N)=O)n2)=C1. The lowest BCUT2D eigenvalue weighted by Gasteiger charge is -2.28. The van der Waals surface area contributed by atoms with Gasteiger partial charge in [0.1, 0.15) is 11.6 Å². The number of nitrogens with zero attached hydrogens (tertiary/aromatic N) is 4. The van der Waals surface area contributed by atoms with E-state index in [1.54, 1.807) is 6.21 Å². The predicted molar refractivity (Wildman–Crippen MR) is 115 cm³/mol. The van der Waals surface area contributed by atoms with Crippen molar-refractivity contribution in [2.75, 3.05) is 36.6 Å². The largest absolute Gasteiger partial charge is 0.378 e. The van der Waals surface area contributed by atoms with E-state index in [4.69, 9.17) is 10.5 Å². The molecule has 29 heavy (non-hydrogen) atoms. The highest BCUT2D eigenvalue weighted by Crippen LogP contribution is 2.18. The number of carbonyl (C=O) groups excluding carboxylic acids is 1. The first-order chi connectivity index (χ1) is 14.1. The van der Waals surface area contributed by atoms with Gasteiger partial charge in [-0.25, -0.2) is 9.97 Å². The van der Waals surface area contributed by atoms with Crippen LogP contribution in [0.15, 0.2) is 47.1 Å². The number of allylic oxidation sites excluding steroid dienone is 6. The lowest BCUT2D eigenvalue weighted by molar-refractivity contribution is -0.118. The first-order valence-electron chi connectivity index (χ1n) is 9.95. The highest BCUT2D eigenvalue weighted by Gasteiger charge is 2.15. The summed E-state index contributed by atoms with van der Waals surface area (Å²) in [7, 11) is 0. The summed E-state index contributed by atoms with van der Waals surface area (Å²) in [6.45, 7) is 5.04. The van der Waals surface area contributed by atoms with Gasteiger partial charge >= 0.3 is 0 Å². The van der Waals surface area contributed by atoms with Gasteiger partial charge in [0.05, 0.1) is 19.4 Å². The van der Waals surface area contributed by atoms with Gasteiger partial charge in [-0.05, 0) is 17.9 Å². The quantitative estimate of drug-likeness (QED) is 0.515. The third-order valence-electron chi connectivity index (χ3n) is 4.58. The lowest BCUT2D eigenvalue weighted by atomic mass is 10.1. The van der Waals surface area contributed by atoms with E-state index >= 15 is 0 Å². The number of rotatable bonds is 8. The Hall–Kier alpha value is -3.00. The molecule has 8 heteroatoms. The fourth-order valence-corrected chi connectivity index (χ4v) is 3.11. The number of aryl methyl sites for hydroxylation is 1. The average Bonchev–Trinajstić information content (AvgIpc) is 2.92. The Bertz CT molecular complexity index is 824. The number of hydrogen-bond donors (Lipinski definition) is 2. The number of hydrazone groups is 1. The molecule has 8 nitrogen and oxygen atoms in total. The first kappa shape index (κ1) is 20.7. The molecule has 1 aromatic rings. The molecular weight excluding hydrogens is 368 g/mol. The zero-order valence-electron chi connectivity index (χ0n) is 16.8. The van der Waals surface area contributed by atoms with Crippen LogP contribution in [0.3, 0.4) is 0 Å². The van der Waals surface area contributed by atoms with Gasteiger partial charge in [-0.15, -0.1) is 0 Å². The maximum atomic E-state index is 11.0. The molecule has 0 aromatic carbocycles. The standard InChI is InChI=1S/C21H28N6O2/c1-16-5-2-3-6-17(13-16)15-23-26-20-14-21(27-9-11-29-12-10-27)25-19(24-20)8-4-7-18(22)28/h2-3,5-6,13-16H,4,7-12H2,1H3,(H2,22,28)(H,24,25,26)/b23-15+. The minimum Gasteiger partial charge on any atom is -0.378 e. The van der Waals surface area contributed by atoms with E-state index in [-0.39, 0.29) is 5.91 Å². The highest BCUT2D eigenvalue weighted by atomic mass is 16.5. The topological polar surface area (TPSA) is 106 Å². The molecule has 1 aliphatic heterocycles. The molecular formula is C21H28N6O2. The monoisotopic (exact) mass is 396 g/mol. The van der Waals surface area contributed by atoms with Crippen LogP contribution in [-0.2, 0) is 16.0 Å². The minimum absolute atomic E-state index is 0.314. The van der Waals surface area contributed by atoms with Gasteiger partial charge < -0.3 is 15.4 Å². The Morgan fingerprint density at radius 1 is 1.38 bits per heavy atom. The molecule has 1 fully saturated rings. The fraction of sp³-hybridized carbons (Fsp3) is 0.429. The van der Waals surface area contributed by atoms with Crippen molar-refractivity contribution in [3.8, 4) is 0 Å². The van der Waals surface area contributed by atoms with E-state index in [0.717, 1.165) is 24.5 Å².